The average molecular weight is 308 g/mol. The molecule has 1 saturated heterocycles. The highest BCUT2D eigenvalue weighted by molar-refractivity contribution is 6.17. The van der Waals surface area contributed by atoms with Crippen molar-refractivity contribution in [3.63, 3.8) is 0 Å². The number of rotatable bonds is 5. The Labute approximate surface area is 124 Å². The fourth-order valence-corrected chi connectivity index (χ4v) is 1.95. The van der Waals surface area contributed by atoms with Crippen molar-refractivity contribution in [1.29, 1.82) is 0 Å². The van der Waals surface area contributed by atoms with Crippen LogP contribution in [0.15, 0.2) is 0 Å². The van der Waals surface area contributed by atoms with Crippen molar-refractivity contribution in [1.82, 2.24) is 4.90 Å². The lowest BCUT2D eigenvalue weighted by atomic mass is 10.2. The van der Waals surface area contributed by atoms with Crippen LogP contribution in [0.3, 0.4) is 0 Å². The first kappa shape index (κ1) is 17.0. The lowest BCUT2D eigenvalue weighted by Gasteiger charge is -2.28. The summed E-state index contributed by atoms with van der Waals surface area (Å²) in [5.41, 5.74) is -0.623. The zero-order chi connectivity index (χ0) is 15.2. The lowest BCUT2D eigenvalue weighted by molar-refractivity contribution is -0.143. The minimum Gasteiger partial charge on any atom is -0.448 e. The van der Waals surface area contributed by atoms with Crippen molar-refractivity contribution < 1.29 is 23.8 Å². The summed E-state index contributed by atoms with van der Waals surface area (Å²) in [6.07, 6.45) is 1.20. The summed E-state index contributed by atoms with van der Waals surface area (Å²) in [5, 5.41) is 0. The molecular weight excluding hydrogens is 286 g/mol. The maximum atomic E-state index is 12.1. The number of alkyl halides is 1. The van der Waals surface area contributed by atoms with E-state index in [4.69, 9.17) is 21.1 Å². The van der Waals surface area contributed by atoms with Crippen LogP contribution in [0, 0.1) is 0 Å². The van der Waals surface area contributed by atoms with E-state index in [9.17, 15) is 9.59 Å². The van der Waals surface area contributed by atoms with Crippen molar-refractivity contribution in [2.45, 2.75) is 45.3 Å². The molecule has 1 unspecified atom stereocenters. The third kappa shape index (κ3) is 6.43. The van der Waals surface area contributed by atoms with Gasteiger partial charge < -0.3 is 14.2 Å². The van der Waals surface area contributed by atoms with Crippen LogP contribution in [-0.2, 0) is 19.0 Å². The minimum absolute atomic E-state index is 0.0636. The van der Waals surface area contributed by atoms with Gasteiger partial charge in [0, 0.05) is 6.61 Å². The molecule has 0 aliphatic carbocycles. The Hall–Kier alpha value is -1.01. The zero-order valence-electron chi connectivity index (χ0n) is 12.2. The van der Waals surface area contributed by atoms with E-state index in [0.717, 1.165) is 12.8 Å². The average Bonchev–Trinajstić information content (AvgIpc) is 2.79. The molecule has 1 amide bonds. The van der Waals surface area contributed by atoms with Gasteiger partial charge in [-0.3, -0.25) is 9.69 Å². The van der Waals surface area contributed by atoms with Crippen molar-refractivity contribution in [3.8, 4) is 0 Å². The summed E-state index contributed by atoms with van der Waals surface area (Å²) in [6, 6.07) is -0.235. The largest absolute Gasteiger partial charge is 0.448 e. The van der Waals surface area contributed by atoms with Crippen LogP contribution in [0.1, 0.15) is 33.6 Å². The first-order valence-electron chi connectivity index (χ1n) is 6.63. The normalized spacial score (nSPS) is 18.7. The maximum Gasteiger partial charge on any atom is 0.410 e. The fourth-order valence-electron chi connectivity index (χ4n) is 1.83. The summed E-state index contributed by atoms with van der Waals surface area (Å²) >= 11 is 5.33. The molecule has 1 heterocycles. The molecule has 0 saturated carbocycles. The molecule has 0 N–H and O–H groups in total. The molecule has 116 valence electrons. The third-order valence-corrected chi connectivity index (χ3v) is 2.74. The molecule has 0 bridgehead atoms. The molecule has 0 aromatic rings. The van der Waals surface area contributed by atoms with Crippen LogP contribution >= 0.6 is 11.6 Å². The molecule has 1 atom stereocenters. The second-order valence-corrected chi connectivity index (χ2v) is 5.84. The Balaban J connectivity index is 2.61. The summed E-state index contributed by atoms with van der Waals surface area (Å²) in [6.45, 7) is 6.11. The number of halogens is 1. The highest BCUT2D eigenvalue weighted by Crippen LogP contribution is 2.16. The van der Waals surface area contributed by atoms with Gasteiger partial charge in [-0.05, 0) is 33.6 Å². The van der Waals surface area contributed by atoms with Gasteiger partial charge in [-0.1, -0.05) is 11.6 Å². The molecular formula is C13H22ClNO5. The van der Waals surface area contributed by atoms with Gasteiger partial charge in [0.15, 0.2) is 6.07 Å². The van der Waals surface area contributed by atoms with Crippen LogP contribution in [0.25, 0.3) is 0 Å². The zero-order valence-corrected chi connectivity index (χ0v) is 12.9. The predicted molar refractivity (Wildman–Crippen MR) is 73.6 cm³/mol. The van der Waals surface area contributed by atoms with Crippen LogP contribution in [0.4, 0.5) is 4.79 Å². The summed E-state index contributed by atoms with van der Waals surface area (Å²) in [7, 11) is 0. The highest BCUT2D eigenvalue weighted by Gasteiger charge is 2.28. The van der Waals surface area contributed by atoms with Gasteiger partial charge in [-0.25, -0.2) is 4.79 Å². The molecule has 0 spiro atoms. The summed E-state index contributed by atoms with van der Waals surface area (Å²) in [4.78, 5) is 24.9. The second-order valence-electron chi connectivity index (χ2n) is 5.62. The van der Waals surface area contributed by atoms with E-state index in [1.807, 2.05) is 0 Å². The monoisotopic (exact) mass is 307 g/mol. The Morgan fingerprint density at radius 3 is 2.60 bits per heavy atom. The van der Waals surface area contributed by atoms with Gasteiger partial charge in [0.1, 0.15) is 12.1 Å². The van der Waals surface area contributed by atoms with Gasteiger partial charge in [0.25, 0.3) is 0 Å². The number of ether oxygens (including phenoxy) is 3. The lowest BCUT2D eigenvalue weighted by Crippen LogP contribution is -2.43. The predicted octanol–water partition coefficient (Wildman–Crippen LogP) is 2.14. The first-order valence-corrected chi connectivity index (χ1v) is 7.16. The van der Waals surface area contributed by atoms with Gasteiger partial charge in [0.05, 0.1) is 12.6 Å². The van der Waals surface area contributed by atoms with Crippen molar-refractivity contribution in [2.24, 2.45) is 0 Å². The Morgan fingerprint density at radius 2 is 2.10 bits per heavy atom. The number of hydrogen-bond acceptors (Lipinski definition) is 5. The molecule has 0 radical (unpaired) electrons. The molecule has 20 heavy (non-hydrogen) atoms. The molecule has 0 aromatic heterocycles. The van der Waals surface area contributed by atoms with Crippen LogP contribution in [0.2, 0.25) is 0 Å². The number of nitrogens with zero attached hydrogens (tertiary/aromatic N) is 1. The van der Waals surface area contributed by atoms with Gasteiger partial charge in [-0.2, -0.15) is 0 Å². The molecule has 0 aromatic carbocycles. The number of carbonyl (C=O) groups is 2. The molecule has 1 aliphatic rings. The third-order valence-electron chi connectivity index (χ3n) is 2.64. The van der Waals surface area contributed by atoms with Crippen molar-refractivity contribution in [3.05, 3.63) is 0 Å². The number of carbonyl (C=O) groups excluding carboxylic acids is 2. The Morgan fingerprint density at radius 1 is 1.40 bits per heavy atom. The number of amides is 1. The number of hydrogen-bond donors (Lipinski definition) is 0. The molecule has 1 fully saturated rings. The SMILES string of the molecule is CC(C)(C)OC(=O)N(CC(=O)OCCl)CC1CCCO1. The Kier molecular flexibility index (Phi) is 6.55. The van der Waals surface area contributed by atoms with E-state index >= 15 is 0 Å². The summed E-state index contributed by atoms with van der Waals surface area (Å²) in [5.74, 6) is -0.566. The minimum atomic E-state index is -0.623. The van der Waals surface area contributed by atoms with E-state index in [1.54, 1.807) is 20.8 Å². The maximum absolute atomic E-state index is 12.1. The van der Waals surface area contributed by atoms with Crippen molar-refractivity contribution in [2.75, 3.05) is 25.8 Å². The van der Waals surface area contributed by atoms with Gasteiger partial charge in [0.2, 0.25) is 0 Å². The fraction of sp³-hybridized carbons (Fsp3) is 0.846. The van der Waals surface area contributed by atoms with E-state index in [0.29, 0.717) is 13.2 Å². The summed E-state index contributed by atoms with van der Waals surface area (Å²) < 4.78 is 15.4. The Bertz CT molecular complexity index is 336. The number of esters is 1. The second kappa shape index (κ2) is 7.69. The molecule has 7 heteroatoms. The quantitative estimate of drug-likeness (QED) is 0.575. The van der Waals surface area contributed by atoms with Gasteiger partial charge >= 0.3 is 12.1 Å². The van der Waals surface area contributed by atoms with E-state index < -0.39 is 17.7 Å². The standard InChI is InChI=1S/C13H22ClNO5/c1-13(2,3)20-12(17)15(8-11(16)19-9-14)7-10-5-4-6-18-10/h10H,4-9H2,1-3H3. The topological polar surface area (TPSA) is 65.1 Å². The van der Waals surface area contributed by atoms with Crippen molar-refractivity contribution >= 4 is 23.7 Å². The molecule has 1 rings (SSSR count). The van der Waals surface area contributed by atoms with E-state index in [2.05, 4.69) is 4.74 Å². The smallest absolute Gasteiger partial charge is 0.410 e. The van der Waals surface area contributed by atoms with Crippen LogP contribution in [-0.4, -0.2) is 54.4 Å². The van der Waals surface area contributed by atoms with E-state index in [-0.39, 0.29) is 18.7 Å². The highest BCUT2D eigenvalue weighted by atomic mass is 35.5. The molecule has 6 nitrogen and oxygen atoms in total. The molecule has 1 aliphatic heterocycles. The van der Waals surface area contributed by atoms with Crippen LogP contribution < -0.4 is 0 Å². The first-order chi connectivity index (χ1) is 9.31. The van der Waals surface area contributed by atoms with Gasteiger partial charge in [-0.15, -0.1) is 0 Å². The van der Waals surface area contributed by atoms with E-state index in [1.165, 1.54) is 4.90 Å². The van der Waals surface area contributed by atoms with Crippen LogP contribution in [0.5, 0.6) is 0 Å².